The maximum atomic E-state index is 15.0. The van der Waals surface area contributed by atoms with Gasteiger partial charge < -0.3 is 15.4 Å². The van der Waals surface area contributed by atoms with Gasteiger partial charge in [-0.05, 0) is 66.6 Å². The van der Waals surface area contributed by atoms with Crippen molar-refractivity contribution in [2.75, 3.05) is 54.4 Å². The molecule has 0 bridgehead atoms. The number of piperazine rings is 1. The van der Waals surface area contributed by atoms with E-state index in [2.05, 4.69) is 28.5 Å². The van der Waals surface area contributed by atoms with Crippen LogP contribution in [0.4, 0.5) is 17.6 Å². The fourth-order valence-corrected chi connectivity index (χ4v) is 5.52. The maximum absolute atomic E-state index is 15.0. The molecule has 0 radical (unpaired) electrons. The summed E-state index contributed by atoms with van der Waals surface area (Å²) in [6.07, 6.45) is -6.15. The van der Waals surface area contributed by atoms with Crippen LogP contribution in [0.15, 0.2) is 66.7 Å². The number of halogens is 4. The number of nitrogens with zero attached hydrogens (tertiary/aromatic N) is 3. The van der Waals surface area contributed by atoms with Crippen LogP contribution >= 0.6 is 0 Å². The highest BCUT2D eigenvalue weighted by molar-refractivity contribution is 5.94. The Morgan fingerprint density at radius 2 is 1.77 bits per heavy atom. The van der Waals surface area contributed by atoms with Crippen LogP contribution in [0, 0.1) is 5.82 Å². The number of alkyl halides is 3. The normalized spacial score (nSPS) is 16.6. The van der Waals surface area contributed by atoms with E-state index in [1.54, 1.807) is 69.5 Å². The number of rotatable bonds is 12. The summed E-state index contributed by atoms with van der Waals surface area (Å²) in [5, 5.41) is 6.34. The summed E-state index contributed by atoms with van der Waals surface area (Å²) >= 11 is 0. The number of ether oxygens (including phenoxy) is 1. The number of likely N-dealkylation sites (N-methyl/N-ethyl adjacent to an activating group) is 2. The van der Waals surface area contributed by atoms with Crippen molar-refractivity contribution in [1.29, 1.82) is 0 Å². The lowest BCUT2D eigenvalue weighted by molar-refractivity contribution is -0.916. The van der Waals surface area contributed by atoms with Gasteiger partial charge in [-0.2, -0.15) is 13.2 Å². The number of amides is 1. The molecule has 0 aromatic heterocycles. The SMILES string of the molecule is C[C@H]1CN(Cc2cccc(-c3cc(CNC(=O)c4cccc(CN(C)CC(OC(=O)C(F)(F)F)[N+](C)(C)C)c4)ccc3F)c2)CCN1. The van der Waals surface area contributed by atoms with Crippen LogP contribution in [0.2, 0.25) is 0 Å². The molecule has 12 heteroatoms. The molecule has 1 aliphatic heterocycles. The van der Waals surface area contributed by atoms with Gasteiger partial charge in [0.2, 0.25) is 6.23 Å². The van der Waals surface area contributed by atoms with Crippen molar-refractivity contribution in [3.63, 3.8) is 0 Å². The van der Waals surface area contributed by atoms with Crippen molar-refractivity contribution in [1.82, 2.24) is 20.4 Å². The van der Waals surface area contributed by atoms with Gasteiger partial charge in [0, 0.05) is 56.4 Å². The first-order chi connectivity index (χ1) is 22.1. The summed E-state index contributed by atoms with van der Waals surface area (Å²) in [5.74, 6) is -2.90. The molecule has 0 spiro atoms. The fourth-order valence-electron chi connectivity index (χ4n) is 5.52. The third kappa shape index (κ3) is 10.6. The Kier molecular flexibility index (Phi) is 11.8. The number of hydrogen-bond acceptors (Lipinski definition) is 6. The van der Waals surface area contributed by atoms with Crippen LogP contribution < -0.4 is 10.6 Å². The monoisotopic (exact) mass is 658 g/mol. The molecule has 2 N–H and O–H groups in total. The van der Waals surface area contributed by atoms with Crippen LogP contribution in [0.25, 0.3) is 11.1 Å². The Hall–Kier alpha value is -3.84. The van der Waals surface area contributed by atoms with E-state index in [-0.39, 0.29) is 29.3 Å². The smallest absolute Gasteiger partial charge is 0.404 e. The summed E-state index contributed by atoms with van der Waals surface area (Å²) in [5.41, 5.74) is 4.24. The second-order valence-corrected chi connectivity index (χ2v) is 13.2. The van der Waals surface area contributed by atoms with E-state index in [1.807, 2.05) is 18.2 Å². The number of esters is 1. The lowest BCUT2D eigenvalue weighted by atomic mass is 10.00. The Morgan fingerprint density at radius 3 is 2.47 bits per heavy atom. The van der Waals surface area contributed by atoms with Gasteiger partial charge >= 0.3 is 12.1 Å². The highest BCUT2D eigenvalue weighted by Crippen LogP contribution is 2.26. The average molecular weight is 659 g/mol. The van der Waals surface area contributed by atoms with Gasteiger partial charge in [-0.3, -0.25) is 19.1 Å². The molecule has 8 nitrogen and oxygen atoms in total. The van der Waals surface area contributed by atoms with Crippen LogP contribution in [0.1, 0.15) is 34.0 Å². The van der Waals surface area contributed by atoms with Gasteiger partial charge in [0.15, 0.2) is 0 Å². The van der Waals surface area contributed by atoms with Crippen molar-refractivity contribution >= 4 is 11.9 Å². The Balaban J connectivity index is 1.37. The van der Waals surface area contributed by atoms with Crippen molar-refractivity contribution in [2.45, 2.75) is 45.0 Å². The van der Waals surface area contributed by atoms with Crippen molar-refractivity contribution in [2.24, 2.45) is 0 Å². The Labute approximate surface area is 273 Å². The predicted octanol–water partition coefficient (Wildman–Crippen LogP) is 4.79. The summed E-state index contributed by atoms with van der Waals surface area (Å²) in [4.78, 5) is 28.7. The van der Waals surface area contributed by atoms with E-state index >= 15 is 0 Å². The highest BCUT2D eigenvalue weighted by Gasteiger charge is 2.44. The lowest BCUT2D eigenvalue weighted by Crippen LogP contribution is -2.53. The molecule has 254 valence electrons. The molecule has 4 rings (SSSR count). The molecule has 1 amide bonds. The minimum Gasteiger partial charge on any atom is -0.404 e. The largest absolute Gasteiger partial charge is 0.491 e. The standard InChI is InChI=1S/C35H43F4N5O3/c1-24-20-43(15-14-40-24)22-27-9-6-10-28(16-27)30-18-25(12-13-31(30)36)19-41-33(45)29-11-7-8-26(17-29)21-42(2)23-32(44(3,4)5)47-34(46)35(37,38)39/h6-13,16-18,24,32,40H,14-15,19-23H2,1-5H3/p+1/t24-,32?/m0/s1. The van der Waals surface area contributed by atoms with Crippen LogP contribution in [0.3, 0.4) is 0 Å². The predicted molar refractivity (Wildman–Crippen MR) is 172 cm³/mol. The number of carbonyl (C=O) groups is 2. The first kappa shape index (κ1) is 36.0. The zero-order valence-electron chi connectivity index (χ0n) is 27.5. The number of quaternary nitrogens is 1. The number of carbonyl (C=O) groups excluding carboxylic acids is 2. The minimum absolute atomic E-state index is 0.0268. The maximum Gasteiger partial charge on any atom is 0.491 e. The zero-order valence-corrected chi connectivity index (χ0v) is 27.5. The van der Waals surface area contributed by atoms with E-state index < -0.39 is 18.4 Å². The highest BCUT2D eigenvalue weighted by atomic mass is 19.4. The number of benzene rings is 3. The molecule has 2 atom stereocenters. The van der Waals surface area contributed by atoms with Gasteiger partial charge in [-0.1, -0.05) is 36.4 Å². The van der Waals surface area contributed by atoms with Crippen LogP contribution in [-0.2, 0) is 29.2 Å². The zero-order chi connectivity index (χ0) is 34.4. The molecule has 3 aromatic carbocycles. The second kappa shape index (κ2) is 15.4. The first-order valence-corrected chi connectivity index (χ1v) is 15.6. The topological polar surface area (TPSA) is 73.9 Å². The molecule has 1 saturated heterocycles. The molecular formula is C35H44F4N5O3+. The number of nitrogens with one attached hydrogen (secondary N) is 2. The quantitative estimate of drug-likeness (QED) is 0.126. The van der Waals surface area contributed by atoms with Gasteiger partial charge in [0.05, 0.1) is 27.7 Å². The van der Waals surface area contributed by atoms with E-state index in [9.17, 15) is 27.2 Å². The summed E-state index contributed by atoms with van der Waals surface area (Å²) < 4.78 is 58.2. The number of hydrogen-bond donors (Lipinski definition) is 2. The fraction of sp³-hybridized carbons (Fsp3) is 0.429. The lowest BCUT2D eigenvalue weighted by Gasteiger charge is -2.35. The first-order valence-electron chi connectivity index (χ1n) is 15.6. The average Bonchev–Trinajstić information content (AvgIpc) is 2.99. The van der Waals surface area contributed by atoms with E-state index in [0.29, 0.717) is 23.7 Å². The molecule has 1 heterocycles. The summed E-state index contributed by atoms with van der Waals surface area (Å²) in [6.45, 7) is 6.31. The molecular weight excluding hydrogens is 614 g/mol. The molecule has 0 saturated carbocycles. The van der Waals surface area contributed by atoms with Gasteiger partial charge in [0.1, 0.15) is 5.82 Å². The summed E-state index contributed by atoms with van der Waals surface area (Å²) in [6, 6.07) is 20.0. The Bertz CT molecular complexity index is 1540. The second-order valence-electron chi connectivity index (χ2n) is 13.2. The van der Waals surface area contributed by atoms with Crippen molar-refractivity contribution < 1.29 is 36.4 Å². The van der Waals surface area contributed by atoms with Crippen LogP contribution in [-0.4, -0.2) is 99.0 Å². The molecule has 47 heavy (non-hydrogen) atoms. The van der Waals surface area contributed by atoms with Gasteiger partial charge in [0.25, 0.3) is 5.91 Å². The molecule has 1 aliphatic rings. The van der Waals surface area contributed by atoms with Gasteiger partial charge in [-0.25, -0.2) is 9.18 Å². The third-order valence-electron chi connectivity index (χ3n) is 8.03. The van der Waals surface area contributed by atoms with Crippen LogP contribution in [0.5, 0.6) is 0 Å². The third-order valence-corrected chi connectivity index (χ3v) is 8.03. The van der Waals surface area contributed by atoms with E-state index in [4.69, 9.17) is 4.74 Å². The summed E-state index contributed by atoms with van der Waals surface area (Å²) in [7, 11) is 6.62. The minimum atomic E-state index is -5.09. The van der Waals surface area contributed by atoms with Crippen molar-refractivity contribution in [3.05, 3.63) is 94.8 Å². The van der Waals surface area contributed by atoms with E-state index in [1.165, 1.54) is 6.07 Å². The molecule has 0 aliphatic carbocycles. The van der Waals surface area contributed by atoms with E-state index in [0.717, 1.165) is 48.4 Å². The Morgan fingerprint density at radius 1 is 1.04 bits per heavy atom. The van der Waals surface area contributed by atoms with Crippen molar-refractivity contribution in [3.8, 4) is 11.1 Å². The molecule has 3 aromatic rings. The molecule has 1 fully saturated rings. The van der Waals surface area contributed by atoms with Gasteiger partial charge in [-0.15, -0.1) is 0 Å². The molecule has 1 unspecified atom stereocenters.